The van der Waals surface area contributed by atoms with E-state index >= 15 is 0 Å². The van der Waals surface area contributed by atoms with Crippen LogP contribution >= 0.6 is 0 Å². The lowest BCUT2D eigenvalue weighted by atomic mass is 10.2. The molecule has 0 aliphatic heterocycles. The molecule has 1 amide bonds. The molecule has 1 heterocycles. The summed E-state index contributed by atoms with van der Waals surface area (Å²) in [6.07, 6.45) is 5.83. The van der Waals surface area contributed by atoms with Gasteiger partial charge in [0, 0.05) is 30.2 Å². The van der Waals surface area contributed by atoms with Gasteiger partial charge in [0.05, 0.1) is 6.33 Å². The van der Waals surface area contributed by atoms with Crippen LogP contribution < -0.4 is 5.32 Å². The first-order valence-corrected chi connectivity index (χ1v) is 5.18. The molecule has 4 nitrogen and oxygen atoms in total. The number of hydrogen-bond acceptors (Lipinski definition) is 2. The van der Waals surface area contributed by atoms with Crippen LogP contribution in [0.1, 0.15) is 13.3 Å². The van der Waals surface area contributed by atoms with Gasteiger partial charge in [-0.1, -0.05) is 6.92 Å². The zero-order chi connectivity index (χ0) is 11.4. The summed E-state index contributed by atoms with van der Waals surface area (Å²) in [4.78, 5) is 15.1. The molecule has 0 aliphatic carbocycles. The van der Waals surface area contributed by atoms with Crippen LogP contribution in [0, 0.1) is 0 Å². The summed E-state index contributed by atoms with van der Waals surface area (Å²) < 4.78 is 1.91. The minimum Gasteiger partial charge on any atom is -0.326 e. The second kappa shape index (κ2) is 4.61. The fraction of sp³-hybridized carbons (Fsp3) is 0.167. The Kier molecular flexibility index (Phi) is 3.00. The van der Waals surface area contributed by atoms with Crippen molar-refractivity contribution >= 4 is 11.6 Å². The molecule has 2 rings (SSSR count). The van der Waals surface area contributed by atoms with Crippen molar-refractivity contribution in [3.63, 3.8) is 0 Å². The minimum atomic E-state index is 0.0235. The Morgan fingerprint density at radius 1 is 1.38 bits per heavy atom. The van der Waals surface area contributed by atoms with E-state index in [1.165, 1.54) is 0 Å². The Morgan fingerprint density at radius 2 is 2.12 bits per heavy atom. The van der Waals surface area contributed by atoms with Gasteiger partial charge in [-0.25, -0.2) is 4.98 Å². The smallest absolute Gasteiger partial charge is 0.224 e. The minimum absolute atomic E-state index is 0.0235. The zero-order valence-corrected chi connectivity index (χ0v) is 9.05. The molecular weight excluding hydrogens is 202 g/mol. The molecule has 0 atom stereocenters. The fourth-order valence-electron chi connectivity index (χ4n) is 1.38. The van der Waals surface area contributed by atoms with Crippen molar-refractivity contribution in [3.05, 3.63) is 43.0 Å². The molecule has 0 unspecified atom stereocenters. The van der Waals surface area contributed by atoms with E-state index in [0.717, 1.165) is 11.4 Å². The number of imidazole rings is 1. The first-order chi connectivity index (χ1) is 7.79. The third kappa shape index (κ3) is 2.28. The number of rotatable bonds is 3. The summed E-state index contributed by atoms with van der Waals surface area (Å²) in [6.45, 7) is 1.83. The fourth-order valence-corrected chi connectivity index (χ4v) is 1.38. The summed E-state index contributed by atoms with van der Waals surface area (Å²) in [5.41, 5.74) is 1.84. The SMILES string of the molecule is CCC(=O)Nc1ccc(-n2ccnc2)cc1. The van der Waals surface area contributed by atoms with Gasteiger partial charge in [0.1, 0.15) is 0 Å². The number of nitrogens with one attached hydrogen (secondary N) is 1. The summed E-state index contributed by atoms with van der Waals surface area (Å²) >= 11 is 0. The maximum atomic E-state index is 11.2. The van der Waals surface area contributed by atoms with Crippen LogP contribution in [0.15, 0.2) is 43.0 Å². The maximum Gasteiger partial charge on any atom is 0.224 e. The lowest BCUT2D eigenvalue weighted by Gasteiger charge is -2.05. The Hall–Kier alpha value is -2.10. The van der Waals surface area contributed by atoms with E-state index in [1.807, 2.05) is 42.0 Å². The van der Waals surface area contributed by atoms with Gasteiger partial charge in [-0.3, -0.25) is 4.79 Å². The van der Waals surface area contributed by atoms with Crippen molar-refractivity contribution < 1.29 is 4.79 Å². The molecule has 1 aromatic heterocycles. The van der Waals surface area contributed by atoms with E-state index < -0.39 is 0 Å². The van der Waals surface area contributed by atoms with Crippen LogP contribution in [0.25, 0.3) is 5.69 Å². The molecule has 0 radical (unpaired) electrons. The highest BCUT2D eigenvalue weighted by atomic mass is 16.1. The van der Waals surface area contributed by atoms with Crippen LogP contribution in [-0.2, 0) is 4.79 Å². The second-order valence-electron chi connectivity index (χ2n) is 3.42. The number of benzene rings is 1. The van der Waals surface area contributed by atoms with Crippen LogP contribution in [0.5, 0.6) is 0 Å². The molecule has 0 fully saturated rings. The van der Waals surface area contributed by atoms with Crippen molar-refractivity contribution in [1.29, 1.82) is 0 Å². The number of aromatic nitrogens is 2. The Bertz CT molecular complexity index is 460. The number of nitrogens with zero attached hydrogens (tertiary/aromatic N) is 2. The first kappa shape index (κ1) is 10.4. The van der Waals surface area contributed by atoms with Gasteiger partial charge in [-0.2, -0.15) is 0 Å². The Balaban J connectivity index is 2.14. The largest absolute Gasteiger partial charge is 0.326 e. The lowest BCUT2D eigenvalue weighted by molar-refractivity contribution is -0.115. The Morgan fingerprint density at radius 3 is 2.69 bits per heavy atom. The van der Waals surface area contributed by atoms with Crippen molar-refractivity contribution in [2.45, 2.75) is 13.3 Å². The van der Waals surface area contributed by atoms with E-state index in [4.69, 9.17) is 0 Å². The molecular formula is C12H13N3O. The van der Waals surface area contributed by atoms with E-state index in [-0.39, 0.29) is 5.91 Å². The summed E-state index contributed by atoms with van der Waals surface area (Å²) in [5.74, 6) is 0.0235. The zero-order valence-electron chi connectivity index (χ0n) is 9.05. The van der Waals surface area contributed by atoms with Gasteiger partial charge in [0.25, 0.3) is 0 Å². The molecule has 0 saturated carbocycles. The van der Waals surface area contributed by atoms with Gasteiger partial charge in [0.15, 0.2) is 0 Å². The maximum absolute atomic E-state index is 11.2. The third-order valence-electron chi connectivity index (χ3n) is 2.27. The van der Waals surface area contributed by atoms with Gasteiger partial charge in [-0.05, 0) is 24.3 Å². The molecule has 0 saturated heterocycles. The van der Waals surface area contributed by atoms with E-state index in [2.05, 4.69) is 10.3 Å². The normalized spacial score (nSPS) is 10.1. The van der Waals surface area contributed by atoms with Crippen molar-refractivity contribution in [1.82, 2.24) is 9.55 Å². The molecule has 4 heteroatoms. The first-order valence-electron chi connectivity index (χ1n) is 5.18. The summed E-state index contributed by atoms with van der Waals surface area (Å²) in [5, 5.41) is 2.80. The lowest BCUT2D eigenvalue weighted by Crippen LogP contribution is -2.09. The van der Waals surface area contributed by atoms with E-state index in [1.54, 1.807) is 12.5 Å². The number of anilines is 1. The van der Waals surface area contributed by atoms with Crippen molar-refractivity contribution in [3.8, 4) is 5.69 Å². The molecule has 2 aromatic rings. The quantitative estimate of drug-likeness (QED) is 0.853. The predicted molar refractivity (Wildman–Crippen MR) is 62.5 cm³/mol. The van der Waals surface area contributed by atoms with E-state index in [0.29, 0.717) is 6.42 Å². The predicted octanol–water partition coefficient (Wildman–Crippen LogP) is 2.22. The number of carbonyl (C=O) groups is 1. The van der Waals surface area contributed by atoms with E-state index in [9.17, 15) is 4.79 Å². The molecule has 1 aromatic carbocycles. The molecule has 0 aliphatic rings. The average molecular weight is 215 g/mol. The highest BCUT2D eigenvalue weighted by Gasteiger charge is 1.99. The van der Waals surface area contributed by atoms with Crippen LogP contribution in [-0.4, -0.2) is 15.5 Å². The van der Waals surface area contributed by atoms with Crippen LogP contribution in [0.2, 0.25) is 0 Å². The average Bonchev–Trinajstić information content (AvgIpc) is 2.83. The number of carbonyl (C=O) groups excluding carboxylic acids is 1. The summed E-state index contributed by atoms with van der Waals surface area (Å²) in [7, 11) is 0. The third-order valence-corrected chi connectivity index (χ3v) is 2.27. The molecule has 0 spiro atoms. The second-order valence-corrected chi connectivity index (χ2v) is 3.42. The van der Waals surface area contributed by atoms with Gasteiger partial charge < -0.3 is 9.88 Å². The highest BCUT2D eigenvalue weighted by molar-refractivity contribution is 5.90. The standard InChI is InChI=1S/C12H13N3O/c1-2-12(16)14-10-3-5-11(6-4-10)15-8-7-13-9-15/h3-9H,2H2,1H3,(H,14,16). The van der Waals surface area contributed by atoms with Crippen molar-refractivity contribution in [2.24, 2.45) is 0 Å². The molecule has 16 heavy (non-hydrogen) atoms. The highest BCUT2D eigenvalue weighted by Crippen LogP contribution is 2.13. The van der Waals surface area contributed by atoms with Crippen LogP contribution in [0.4, 0.5) is 5.69 Å². The van der Waals surface area contributed by atoms with Gasteiger partial charge in [-0.15, -0.1) is 0 Å². The molecule has 82 valence electrons. The summed E-state index contributed by atoms with van der Waals surface area (Å²) in [6, 6.07) is 7.63. The molecule has 1 N–H and O–H groups in total. The Labute approximate surface area is 93.9 Å². The topological polar surface area (TPSA) is 46.9 Å². The van der Waals surface area contributed by atoms with Crippen LogP contribution in [0.3, 0.4) is 0 Å². The molecule has 0 bridgehead atoms. The number of hydrogen-bond donors (Lipinski definition) is 1. The van der Waals surface area contributed by atoms with Crippen molar-refractivity contribution in [2.75, 3.05) is 5.32 Å². The van der Waals surface area contributed by atoms with Gasteiger partial charge in [0.2, 0.25) is 5.91 Å². The van der Waals surface area contributed by atoms with Gasteiger partial charge >= 0.3 is 0 Å². The monoisotopic (exact) mass is 215 g/mol. The number of amides is 1.